The molecule has 0 bridgehead atoms. The molecule has 0 N–H and O–H groups in total. The molecular formula is C13H6ClF3NO2Si. The van der Waals surface area contributed by atoms with Gasteiger partial charge in [0.1, 0.15) is 16.5 Å². The van der Waals surface area contributed by atoms with Crippen molar-refractivity contribution in [3.8, 4) is 5.75 Å². The molecule has 0 aliphatic heterocycles. The zero-order valence-corrected chi connectivity index (χ0v) is 12.0. The van der Waals surface area contributed by atoms with E-state index in [1.165, 1.54) is 12.1 Å². The van der Waals surface area contributed by atoms with Gasteiger partial charge in [0.25, 0.3) is 0 Å². The lowest BCUT2D eigenvalue weighted by Crippen LogP contribution is -2.18. The molecule has 2 rings (SSSR count). The van der Waals surface area contributed by atoms with Crippen molar-refractivity contribution in [1.82, 2.24) is 4.98 Å². The van der Waals surface area contributed by atoms with E-state index in [4.69, 9.17) is 16.3 Å². The average molecular weight is 329 g/mol. The molecule has 1 heterocycles. The fourth-order valence-electron chi connectivity index (χ4n) is 1.55. The Morgan fingerprint density at radius 3 is 2.38 bits per heavy atom. The summed E-state index contributed by atoms with van der Waals surface area (Å²) in [5, 5.41) is 0.164. The number of carbonyl (C=O) groups excluding carboxylic acids is 1. The second-order valence-electron chi connectivity index (χ2n) is 3.94. The first-order valence-corrected chi connectivity index (χ1v) is 6.42. The Balaban J connectivity index is 2.37. The molecule has 0 aliphatic rings. The van der Waals surface area contributed by atoms with Gasteiger partial charge in [-0.3, -0.25) is 0 Å². The SMILES string of the molecule is O=C(Oc1ccc([Si])cc1)c1c(C(F)(F)F)ccnc1Cl. The Morgan fingerprint density at radius 1 is 1.19 bits per heavy atom. The summed E-state index contributed by atoms with van der Waals surface area (Å²) in [5.74, 6) is -1.13. The van der Waals surface area contributed by atoms with Crippen LogP contribution in [0.2, 0.25) is 5.15 Å². The highest BCUT2D eigenvalue weighted by molar-refractivity contribution is 6.33. The third kappa shape index (κ3) is 3.62. The molecule has 3 radical (unpaired) electrons. The van der Waals surface area contributed by atoms with Gasteiger partial charge in [-0.1, -0.05) is 28.9 Å². The van der Waals surface area contributed by atoms with Crippen LogP contribution in [0.3, 0.4) is 0 Å². The summed E-state index contributed by atoms with van der Waals surface area (Å²) in [5.41, 5.74) is -2.00. The van der Waals surface area contributed by atoms with E-state index in [1.54, 1.807) is 12.1 Å². The highest BCUT2D eigenvalue weighted by Gasteiger charge is 2.37. The van der Waals surface area contributed by atoms with E-state index >= 15 is 0 Å². The van der Waals surface area contributed by atoms with Crippen molar-refractivity contribution >= 4 is 33.0 Å². The van der Waals surface area contributed by atoms with Crippen molar-refractivity contribution < 1.29 is 22.7 Å². The fourth-order valence-corrected chi connectivity index (χ4v) is 1.95. The van der Waals surface area contributed by atoms with Gasteiger partial charge in [0.05, 0.1) is 15.8 Å². The number of esters is 1. The molecule has 1 aromatic carbocycles. The number of hydrogen-bond acceptors (Lipinski definition) is 3. The van der Waals surface area contributed by atoms with Crippen LogP contribution >= 0.6 is 11.6 Å². The Kier molecular flexibility index (Phi) is 4.34. The molecule has 2 aromatic rings. The number of carbonyl (C=O) groups is 1. The molecule has 0 fully saturated rings. The normalized spacial score (nSPS) is 11.3. The van der Waals surface area contributed by atoms with Gasteiger partial charge in [-0.05, 0) is 18.2 Å². The fraction of sp³-hybridized carbons (Fsp3) is 0.0769. The summed E-state index contributed by atoms with van der Waals surface area (Å²) in [4.78, 5) is 15.4. The van der Waals surface area contributed by atoms with E-state index < -0.39 is 28.4 Å². The first-order valence-electron chi connectivity index (χ1n) is 5.54. The highest BCUT2D eigenvalue weighted by Crippen LogP contribution is 2.34. The monoisotopic (exact) mass is 328 g/mol. The van der Waals surface area contributed by atoms with Crippen LogP contribution in [0.1, 0.15) is 15.9 Å². The minimum Gasteiger partial charge on any atom is -0.423 e. The zero-order valence-electron chi connectivity index (χ0n) is 10.2. The van der Waals surface area contributed by atoms with Crippen molar-refractivity contribution in [2.24, 2.45) is 0 Å². The Bertz CT molecular complexity index is 674. The number of pyridine rings is 1. The number of halogens is 4. The van der Waals surface area contributed by atoms with Gasteiger partial charge in [-0.25, -0.2) is 9.78 Å². The largest absolute Gasteiger partial charge is 0.423 e. The molecule has 107 valence electrons. The maximum absolute atomic E-state index is 12.9. The lowest BCUT2D eigenvalue weighted by atomic mass is 10.1. The van der Waals surface area contributed by atoms with Gasteiger partial charge in [-0.15, -0.1) is 0 Å². The van der Waals surface area contributed by atoms with Gasteiger partial charge >= 0.3 is 12.1 Å². The summed E-state index contributed by atoms with van der Waals surface area (Å²) in [7, 11) is 3.24. The van der Waals surface area contributed by atoms with Crippen LogP contribution in [-0.2, 0) is 6.18 Å². The number of benzene rings is 1. The van der Waals surface area contributed by atoms with E-state index in [0.29, 0.717) is 6.07 Å². The third-order valence-electron chi connectivity index (χ3n) is 2.48. The standard InChI is InChI=1S/C13H6ClF3NO2Si/c14-11-10(9(5-6-18-11)13(15,16)17)12(19)20-7-1-3-8(21)4-2-7/h1-6H. The number of aromatic nitrogens is 1. The molecule has 0 saturated carbocycles. The summed E-state index contributed by atoms with van der Waals surface area (Å²) < 4.78 is 43.5. The third-order valence-corrected chi connectivity index (χ3v) is 3.10. The van der Waals surface area contributed by atoms with Crippen LogP contribution in [0.4, 0.5) is 13.2 Å². The van der Waals surface area contributed by atoms with Gasteiger partial charge in [0.2, 0.25) is 0 Å². The lowest BCUT2D eigenvalue weighted by Gasteiger charge is -2.12. The lowest BCUT2D eigenvalue weighted by molar-refractivity contribution is -0.138. The molecule has 0 atom stereocenters. The Labute approximate surface area is 126 Å². The Morgan fingerprint density at radius 2 is 1.81 bits per heavy atom. The maximum atomic E-state index is 12.9. The summed E-state index contributed by atoms with van der Waals surface area (Å²) in [6, 6.07) is 6.68. The van der Waals surface area contributed by atoms with E-state index in [1.807, 2.05) is 0 Å². The summed E-state index contributed by atoms with van der Waals surface area (Å²) in [6.07, 6.45) is -3.86. The van der Waals surface area contributed by atoms with Gasteiger partial charge < -0.3 is 4.74 Å². The molecule has 0 aliphatic carbocycles. The molecule has 1 aromatic heterocycles. The van der Waals surface area contributed by atoms with E-state index in [2.05, 4.69) is 15.2 Å². The first-order chi connectivity index (χ1) is 9.79. The van der Waals surface area contributed by atoms with Crippen LogP contribution in [0.5, 0.6) is 5.75 Å². The average Bonchev–Trinajstić information content (AvgIpc) is 2.40. The maximum Gasteiger partial charge on any atom is 0.417 e. The molecule has 21 heavy (non-hydrogen) atoms. The molecule has 0 amide bonds. The molecular weight excluding hydrogens is 323 g/mol. The van der Waals surface area contributed by atoms with Crippen molar-refractivity contribution in [3.05, 3.63) is 52.8 Å². The van der Waals surface area contributed by atoms with E-state index in [0.717, 1.165) is 11.4 Å². The molecule has 8 heteroatoms. The summed E-state index contributed by atoms with van der Waals surface area (Å²) >= 11 is 5.60. The van der Waals surface area contributed by atoms with Crippen LogP contribution in [0, 0.1) is 0 Å². The predicted molar refractivity (Wildman–Crippen MR) is 71.0 cm³/mol. The minimum atomic E-state index is -4.74. The van der Waals surface area contributed by atoms with Crippen molar-refractivity contribution in [1.29, 1.82) is 0 Å². The second kappa shape index (κ2) is 5.86. The van der Waals surface area contributed by atoms with Crippen LogP contribution < -0.4 is 9.92 Å². The van der Waals surface area contributed by atoms with Crippen LogP contribution in [0.25, 0.3) is 0 Å². The number of nitrogens with zero attached hydrogens (tertiary/aromatic N) is 1. The van der Waals surface area contributed by atoms with E-state index in [-0.39, 0.29) is 5.75 Å². The quantitative estimate of drug-likeness (QED) is 0.368. The van der Waals surface area contributed by atoms with Crippen molar-refractivity contribution in [2.45, 2.75) is 6.18 Å². The van der Waals surface area contributed by atoms with E-state index in [9.17, 15) is 18.0 Å². The second-order valence-corrected chi connectivity index (χ2v) is 4.87. The van der Waals surface area contributed by atoms with Gasteiger partial charge in [-0.2, -0.15) is 13.2 Å². The predicted octanol–water partition coefficient (Wildman–Crippen LogP) is 2.77. The number of ether oxygens (including phenoxy) is 1. The molecule has 0 unspecified atom stereocenters. The topological polar surface area (TPSA) is 39.2 Å². The van der Waals surface area contributed by atoms with Crippen molar-refractivity contribution in [3.63, 3.8) is 0 Å². The van der Waals surface area contributed by atoms with Gasteiger partial charge in [0.15, 0.2) is 0 Å². The number of alkyl halides is 3. The summed E-state index contributed by atoms with van der Waals surface area (Å²) in [6.45, 7) is 0. The number of rotatable bonds is 2. The highest BCUT2D eigenvalue weighted by atomic mass is 35.5. The molecule has 0 saturated heterocycles. The zero-order chi connectivity index (χ0) is 15.6. The Hall–Kier alpha value is -1.86. The minimum absolute atomic E-state index is 0.0926. The molecule has 3 nitrogen and oxygen atoms in total. The van der Waals surface area contributed by atoms with Gasteiger partial charge in [0, 0.05) is 6.20 Å². The molecule has 0 spiro atoms. The van der Waals surface area contributed by atoms with Crippen LogP contribution in [-0.4, -0.2) is 21.2 Å². The first kappa shape index (κ1) is 15.5. The smallest absolute Gasteiger partial charge is 0.417 e. The van der Waals surface area contributed by atoms with Crippen LogP contribution in [0.15, 0.2) is 36.5 Å². The van der Waals surface area contributed by atoms with Crippen molar-refractivity contribution in [2.75, 3.05) is 0 Å². The number of hydrogen-bond donors (Lipinski definition) is 0.